The molecule has 0 spiro atoms. The van der Waals surface area contributed by atoms with E-state index in [0.29, 0.717) is 11.1 Å². The molecule has 94 valence electrons. The lowest BCUT2D eigenvalue weighted by Crippen LogP contribution is -2.04. The van der Waals surface area contributed by atoms with Crippen molar-refractivity contribution in [1.82, 2.24) is 0 Å². The van der Waals surface area contributed by atoms with E-state index in [9.17, 15) is 17.6 Å². The minimum absolute atomic E-state index is 0.363. The second kappa shape index (κ2) is 4.44. The number of halogens is 4. The van der Waals surface area contributed by atoms with Gasteiger partial charge in [0, 0.05) is 0 Å². The van der Waals surface area contributed by atoms with Crippen molar-refractivity contribution in [3.05, 3.63) is 59.4 Å². The van der Waals surface area contributed by atoms with Crippen molar-refractivity contribution in [3.8, 4) is 11.1 Å². The van der Waals surface area contributed by atoms with Gasteiger partial charge in [0.25, 0.3) is 0 Å². The molecule has 0 nitrogen and oxygen atoms in total. The van der Waals surface area contributed by atoms with Crippen molar-refractivity contribution < 1.29 is 17.6 Å². The van der Waals surface area contributed by atoms with Crippen LogP contribution in [0.3, 0.4) is 0 Å². The maximum absolute atomic E-state index is 13.1. The van der Waals surface area contributed by atoms with Gasteiger partial charge in [-0.1, -0.05) is 18.2 Å². The molecule has 0 bridgehead atoms. The first-order valence-corrected chi connectivity index (χ1v) is 5.32. The van der Waals surface area contributed by atoms with Gasteiger partial charge >= 0.3 is 6.18 Å². The Hall–Kier alpha value is -1.84. The number of alkyl halides is 3. The molecule has 0 unspecified atom stereocenters. The number of hydrogen-bond donors (Lipinski definition) is 0. The minimum Gasteiger partial charge on any atom is -0.207 e. The first kappa shape index (κ1) is 12.6. The summed E-state index contributed by atoms with van der Waals surface area (Å²) >= 11 is 0. The number of hydrogen-bond acceptors (Lipinski definition) is 0. The van der Waals surface area contributed by atoms with Gasteiger partial charge in [-0.2, -0.15) is 13.2 Å². The van der Waals surface area contributed by atoms with Crippen LogP contribution < -0.4 is 0 Å². The lowest BCUT2D eigenvalue weighted by Gasteiger charge is -2.10. The lowest BCUT2D eigenvalue weighted by atomic mass is 9.98. The Morgan fingerprint density at radius 1 is 0.944 bits per heavy atom. The van der Waals surface area contributed by atoms with Crippen molar-refractivity contribution in [2.24, 2.45) is 0 Å². The first-order valence-electron chi connectivity index (χ1n) is 5.32. The van der Waals surface area contributed by atoms with Crippen LogP contribution in [0.15, 0.2) is 42.5 Å². The summed E-state index contributed by atoms with van der Waals surface area (Å²) in [5.74, 6) is -0.465. The van der Waals surface area contributed by atoms with Crippen LogP contribution in [0, 0.1) is 12.7 Å². The molecule has 0 N–H and O–H groups in total. The largest absolute Gasteiger partial charge is 0.416 e. The second-order valence-electron chi connectivity index (χ2n) is 4.04. The highest BCUT2D eigenvalue weighted by Gasteiger charge is 2.30. The molecule has 2 rings (SSSR count). The van der Waals surface area contributed by atoms with E-state index in [2.05, 4.69) is 0 Å². The van der Waals surface area contributed by atoms with Crippen LogP contribution in [0.25, 0.3) is 11.1 Å². The SMILES string of the molecule is Cc1ccc(F)cc1-c1cccc(C(F)(F)F)c1. The Labute approximate surface area is 102 Å². The summed E-state index contributed by atoms with van der Waals surface area (Å²) in [6.07, 6.45) is -4.39. The van der Waals surface area contributed by atoms with Crippen LogP contribution in [-0.4, -0.2) is 0 Å². The van der Waals surface area contributed by atoms with Gasteiger partial charge in [-0.3, -0.25) is 0 Å². The third-order valence-electron chi connectivity index (χ3n) is 2.70. The van der Waals surface area contributed by atoms with E-state index >= 15 is 0 Å². The maximum atomic E-state index is 13.1. The van der Waals surface area contributed by atoms with Gasteiger partial charge in [0.2, 0.25) is 0 Å². The molecular formula is C14H10F4. The van der Waals surface area contributed by atoms with E-state index in [1.165, 1.54) is 24.3 Å². The monoisotopic (exact) mass is 254 g/mol. The smallest absolute Gasteiger partial charge is 0.207 e. The van der Waals surface area contributed by atoms with E-state index in [1.54, 1.807) is 13.0 Å². The molecule has 0 amide bonds. The highest BCUT2D eigenvalue weighted by atomic mass is 19.4. The number of rotatable bonds is 1. The predicted molar refractivity (Wildman–Crippen MR) is 61.6 cm³/mol. The zero-order valence-electron chi connectivity index (χ0n) is 9.55. The predicted octanol–water partition coefficient (Wildman–Crippen LogP) is 4.82. The molecule has 18 heavy (non-hydrogen) atoms. The highest BCUT2D eigenvalue weighted by molar-refractivity contribution is 5.67. The van der Waals surface area contributed by atoms with Crippen molar-refractivity contribution in [1.29, 1.82) is 0 Å². The van der Waals surface area contributed by atoms with Gasteiger partial charge < -0.3 is 0 Å². The molecule has 2 aromatic carbocycles. The van der Waals surface area contributed by atoms with Gasteiger partial charge in [0.05, 0.1) is 5.56 Å². The molecule has 0 fully saturated rings. The van der Waals surface area contributed by atoms with Gasteiger partial charge in [0.15, 0.2) is 0 Å². The fourth-order valence-corrected chi connectivity index (χ4v) is 1.77. The van der Waals surface area contributed by atoms with E-state index in [0.717, 1.165) is 17.7 Å². The van der Waals surface area contributed by atoms with Crippen molar-refractivity contribution >= 4 is 0 Å². The summed E-state index contributed by atoms with van der Waals surface area (Å²) in [4.78, 5) is 0. The minimum atomic E-state index is -4.39. The molecule has 2 aromatic rings. The highest BCUT2D eigenvalue weighted by Crippen LogP contribution is 2.33. The summed E-state index contributed by atoms with van der Waals surface area (Å²) in [5.41, 5.74) is 0.835. The summed E-state index contributed by atoms with van der Waals surface area (Å²) in [5, 5.41) is 0. The van der Waals surface area contributed by atoms with Gasteiger partial charge in [0.1, 0.15) is 5.82 Å². The lowest BCUT2D eigenvalue weighted by molar-refractivity contribution is -0.137. The molecular weight excluding hydrogens is 244 g/mol. The Morgan fingerprint density at radius 3 is 2.33 bits per heavy atom. The Kier molecular flexibility index (Phi) is 3.11. The van der Waals surface area contributed by atoms with Crippen molar-refractivity contribution in [2.45, 2.75) is 13.1 Å². The molecule has 4 heteroatoms. The van der Waals surface area contributed by atoms with Crippen LogP contribution in [0.2, 0.25) is 0 Å². The molecule has 0 aliphatic rings. The second-order valence-corrected chi connectivity index (χ2v) is 4.04. The quantitative estimate of drug-likeness (QED) is 0.640. The molecule has 0 aliphatic carbocycles. The van der Waals surface area contributed by atoms with Crippen LogP contribution in [0.1, 0.15) is 11.1 Å². The van der Waals surface area contributed by atoms with E-state index in [-0.39, 0.29) is 0 Å². The summed E-state index contributed by atoms with van der Waals surface area (Å²) < 4.78 is 50.9. The zero-order valence-corrected chi connectivity index (χ0v) is 9.55. The molecule has 0 saturated carbocycles. The zero-order chi connectivity index (χ0) is 13.3. The standard InChI is InChI=1S/C14H10F4/c1-9-5-6-12(15)8-13(9)10-3-2-4-11(7-10)14(16,17)18/h2-8H,1H3. The van der Waals surface area contributed by atoms with E-state index in [4.69, 9.17) is 0 Å². The Balaban J connectivity index is 2.55. The third-order valence-corrected chi connectivity index (χ3v) is 2.70. The summed E-state index contributed by atoms with van der Waals surface area (Å²) in [6, 6.07) is 8.96. The number of benzene rings is 2. The fourth-order valence-electron chi connectivity index (χ4n) is 1.77. The maximum Gasteiger partial charge on any atom is 0.416 e. The molecule has 0 aromatic heterocycles. The summed E-state index contributed by atoms with van der Waals surface area (Å²) in [7, 11) is 0. The summed E-state index contributed by atoms with van der Waals surface area (Å²) in [6.45, 7) is 1.73. The average Bonchev–Trinajstić information content (AvgIpc) is 2.31. The van der Waals surface area contributed by atoms with Crippen molar-refractivity contribution in [3.63, 3.8) is 0 Å². The molecule has 0 saturated heterocycles. The molecule has 0 atom stereocenters. The Morgan fingerprint density at radius 2 is 1.67 bits per heavy atom. The van der Waals surface area contributed by atoms with E-state index < -0.39 is 17.6 Å². The van der Waals surface area contributed by atoms with Crippen molar-refractivity contribution in [2.75, 3.05) is 0 Å². The topological polar surface area (TPSA) is 0 Å². The average molecular weight is 254 g/mol. The van der Waals surface area contributed by atoms with Gasteiger partial charge in [-0.25, -0.2) is 4.39 Å². The first-order chi connectivity index (χ1) is 8.38. The molecule has 0 radical (unpaired) electrons. The van der Waals surface area contributed by atoms with Crippen LogP contribution >= 0.6 is 0 Å². The van der Waals surface area contributed by atoms with E-state index in [1.807, 2.05) is 0 Å². The normalized spacial score (nSPS) is 11.6. The molecule has 0 aliphatic heterocycles. The molecule has 0 heterocycles. The van der Waals surface area contributed by atoms with Gasteiger partial charge in [-0.05, 0) is 47.9 Å². The Bertz CT molecular complexity index is 570. The van der Waals surface area contributed by atoms with Crippen LogP contribution in [-0.2, 0) is 6.18 Å². The van der Waals surface area contributed by atoms with Gasteiger partial charge in [-0.15, -0.1) is 0 Å². The number of aryl methyl sites for hydroxylation is 1. The fraction of sp³-hybridized carbons (Fsp3) is 0.143. The van der Waals surface area contributed by atoms with Crippen LogP contribution in [0.5, 0.6) is 0 Å². The third kappa shape index (κ3) is 2.53. The van der Waals surface area contributed by atoms with Crippen LogP contribution in [0.4, 0.5) is 17.6 Å².